The fraction of sp³-hybridized carbons (Fsp3) is 0.0435. The molecule has 0 aliphatic carbocycles. The molecule has 5 heteroatoms. The first-order chi connectivity index (χ1) is 13.7. The summed E-state index contributed by atoms with van der Waals surface area (Å²) < 4.78 is 0. The van der Waals surface area contributed by atoms with Gasteiger partial charge >= 0.3 is 0 Å². The lowest BCUT2D eigenvalue weighted by atomic mass is 10.1. The lowest BCUT2D eigenvalue weighted by molar-refractivity contribution is 1.06. The van der Waals surface area contributed by atoms with Gasteiger partial charge in [0.15, 0.2) is 0 Å². The highest BCUT2D eigenvalue weighted by Gasteiger charge is 2.14. The zero-order valence-electron chi connectivity index (χ0n) is 15.3. The van der Waals surface area contributed by atoms with E-state index in [-0.39, 0.29) is 0 Å². The topological polar surface area (TPSA) is 28.5 Å². The van der Waals surface area contributed by atoms with Gasteiger partial charge in [-0.05, 0) is 36.8 Å². The maximum Gasteiger partial charge on any atom is 0.211 e. The third-order valence-electron chi connectivity index (χ3n) is 4.26. The number of rotatable bonds is 5. The second-order valence-corrected chi connectivity index (χ2v) is 7.49. The van der Waals surface area contributed by atoms with Crippen molar-refractivity contribution in [2.75, 3.05) is 5.01 Å². The van der Waals surface area contributed by atoms with Crippen LogP contribution in [0.1, 0.15) is 12.5 Å². The first kappa shape index (κ1) is 18.4. The molecule has 1 aromatic heterocycles. The predicted molar refractivity (Wildman–Crippen MR) is 120 cm³/mol. The van der Waals surface area contributed by atoms with Gasteiger partial charge in [-0.15, -0.1) is 11.3 Å². The molecule has 3 nitrogen and oxygen atoms in total. The Kier molecular flexibility index (Phi) is 5.51. The first-order valence-electron chi connectivity index (χ1n) is 8.88. The standard InChI is InChI=1S/C23H18ClN3S/c1-17(18-12-14-20(24)15-13-18)26-27(21-10-6-3-7-11-21)23-25-22(16-28-23)19-8-4-2-5-9-19/h2-16H,1H3/b26-17-. The summed E-state index contributed by atoms with van der Waals surface area (Å²) in [5, 5.41) is 10.4. The van der Waals surface area contributed by atoms with Gasteiger partial charge in [0, 0.05) is 16.0 Å². The second-order valence-electron chi connectivity index (χ2n) is 6.22. The lowest BCUT2D eigenvalue weighted by Crippen LogP contribution is -2.12. The normalized spacial score (nSPS) is 11.4. The van der Waals surface area contributed by atoms with Gasteiger partial charge < -0.3 is 0 Å². The van der Waals surface area contributed by atoms with Crippen LogP contribution in [-0.2, 0) is 0 Å². The molecule has 0 spiro atoms. The molecule has 0 atom stereocenters. The van der Waals surface area contributed by atoms with E-state index >= 15 is 0 Å². The average molecular weight is 404 g/mol. The minimum atomic E-state index is 0.712. The van der Waals surface area contributed by atoms with Crippen LogP contribution in [0.5, 0.6) is 0 Å². The summed E-state index contributed by atoms with van der Waals surface area (Å²) in [6.45, 7) is 1.99. The molecule has 0 saturated carbocycles. The van der Waals surface area contributed by atoms with Crippen LogP contribution < -0.4 is 5.01 Å². The van der Waals surface area contributed by atoms with Gasteiger partial charge in [-0.3, -0.25) is 0 Å². The number of benzene rings is 3. The van der Waals surface area contributed by atoms with Crippen molar-refractivity contribution in [1.29, 1.82) is 0 Å². The zero-order valence-corrected chi connectivity index (χ0v) is 16.9. The molecule has 28 heavy (non-hydrogen) atoms. The van der Waals surface area contributed by atoms with Crippen LogP contribution in [0.15, 0.2) is 95.4 Å². The number of hydrazone groups is 1. The molecule has 0 saturated heterocycles. The van der Waals surface area contributed by atoms with Crippen LogP contribution in [0, 0.1) is 0 Å². The molecule has 138 valence electrons. The molecule has 0 amide bonds. The van der Waals surface area contributed by atoms with Crippen molar-refractivity contribution < 1.29 is 0 Å². The summed E-state index contributed by atoms with van der Waals surface area (Å²) in [5.74, 6) is 0. The van der Waals surface area contributed by atoms with Gasteiger partial charge in [0.2, 0.25) is 5.13 Å². The molecule has 0 radical (unpaired) electrons. The number of halogens is 1. The largest absolute Gasteiger partial charge is 0.218 e. The number of nitrogens with zero attached hydrogens (tertiary/aromatic N) is 3. The van der Waals surface area contributed by atoms with E-state index in [1.54, 1.807) is 11.3 Å². The number of para-hydroxylation sites is 1. The van der Waals surface area contributed by atoms with Crippen molar-refractivity contribution in [3.63, 3.8) is 0 Å². The summed E-state index contributed by atoms with van der Waals surface area (Å²) in [7, 11) is 0. The van der Waals surface area contributed by atoms with Crippen molar-refractivity contribution >= 4 is 39.5 Å². The second kappa shape index (κ2) is 8.38. The fourth-order valence-electron chi connectivity index (χ4n) is 2.78. The average Bonchev–Trinajstić information content (AvgIpc) is 3.23. The van der Waals surface area contributed by atoms with Gasteiger partial charge in [-0.25, -0.2) is 9.99 Å². The van der Waals surface area contributed by atoms with Crippen LogP contribution in [-0.4, -0.2) is 10.7 Å². The monoisotopic (exact) mass is 403 g/mol. The summed E-state index contributed by atoms with van der Waals surface area (Å²) in [6, 6.07) is 27.9. The third-order valence-corrected chi connectivity index (χ3v) is 5.32. The molecular formula is C23H18ClN3S. The van der Waals surface area contributed by atoms with E-state index in [0.29, 0.717) is 5.02 Å². The van der Waals surface area contributed by atoms with Gasteiger partial charge in [0.1, 0.15) is 0 Å². The van der Waals surface area contributed by atoms with Crippen molar-refractivity contribution in [3.05, 3.63) is 101 Å². The zero-order chi connectivity index (χ0) is 19.3. The number of thiazole rings is 1. The molecule has 4 rings (SSSR count). The van der Waals surface area contributed by atoms with E-state index in [0.717, 1.165) is 33.4 Å². The molecular weight excluding hydrogens is 386 g/mol. The summed E-state index contributed by atoms with van der Waals surface area (Å²) in [4.78, 5) is 4.83. The van der Waals surface area contributed by atoms with Crippen LogP contribution in [0.25, 0.3) is 11.3 Å². The van der Waals surface area contributed by atoms with Crippen molar-refractivity contribution in [3.8, 4) is 11.3 Å². The molecule has 3 aromatic carbocycles. The Balaban J connectivity index is 1.74. The number of hydrogen-bond acceptors (Lipinski definition) is 4. The van der Waals surface area contributed by atoms with Crippen molar-refractivity contribution in [1.82, 2.24) is 4.98 Å². The minimum absolute atomic E-state index is 0.712. The molecule has 0 bridgehead atoms. The Morgan fingerprint density at radius 3 is 2.21 bits per heavy atom. The van der Waals surface area contributed by atoms with Gasteiger partial charge in [0.05, 0.1) is 17.1 Å². The summed E-state index contributed by atoms with van der Waals surface area (Å²) >= 11 is 7.59. The number of aromatic nitrogens is 1. The summed E-state index contributed by atoms with van der Waals surface area (Å²) in [5.41, 5.74) is 4.91. The highest BCUT2D eigenvalue weighted by Crippen LogP contribution is 2.32. The molecule has 0 aliphatic rings. The quantitative estimate of drug-likeness (QED) is 0.264. The Hall–Kier alpha value is -2.95. The molecule has 1 heterocycles. The molecule has 0 fully saturated rings. The highest BCUT2D eigenvalue weighted by molar-refractivity contribution is 7.14. The Morgan fingerprint density at radius 1 is 0.893 bits per heavy atom. The van der Waals surface area contributed by atoms with E-state index in [2.05, 4.69) is 17.5 Å². The maximum atomic E-state index is 6.02. The van der Waals surface area contributed by atoms with E-state index in [9.17, 15) is 0 Å². The number of hydrogen-bond donors (Lipinski definition) is 0. The Labute approximate surface area is 173 Å². The van der Waals surface area contributed by atoms with E-state index in [1.807, 2.05) is 84.7 Å². The van der Waals surface area contributed by atoms with Gasteiger partial charge in [0.25, 0.3) is 0 Å². The van der Waals surface area contributed by atoms with E-state index in [4.69, 9.17) is 21.7 Å². The molecule has 0 N–H and O–H groups in total. The van der Waals surface area contributed by atoms with E-state index in [1.165, 1.54) is 0 Å². The smallest absolute Gasteiger partial charge is 0.211 e. The Morgan fingerprint density at radius 2 is 1.54 bits per heavy atom. The van der Waals surface area contributed by atoms with E-state index < -0.39 is 0 Å². The minimum Gasteiger partial charge on any atom is -0.218 e. The SMILES string of the molecule is C/C(=N/N(c1ccccc1)c1nc(-c2ccccc2)cs1)c1ccc(Cl)cc1. The first-order valence-corrected chi connectivity index (χ1v) is 10.1. The maximum absolute atomic E-state index is 6.02. The Bertz CT molecular complexity index is 1070. The fourth-order valence-corrected chi connectivity index (χ4v) is 3.71. The van der Waals surface area contributed by atoms with Crippen molar-refractivity contribution in [2.45, 2.75) is 6.92 Å². The number of anilines is 2. The third kappa shape index (κ3) is 4.14. The highest BCUT2D eigenvalue weighted by atomic mass is 35.5. The van der Waals surface area contributed by atoms with Crippen LogP contribution in [0.4, 0.5) is 10.8 Å². The van der Waals surface area contributed by atoms with Crippen LogP contribution in [0.2, 0.25) is 5.02 Å². The van der Waals surface area contributed by atoms with Crippen LogP contribution >= 0.6 is 22.9 Å². The predicted octanol–water partition coefficient (Wildman–Crippen LogP) is 7.03. The summed E-state index contributed by atoms with van der Waals surface area (Å²) in [6.07, 6.45) is 0. The molecule has 0 aliphatic heterocycles. The van der Waals surface area contributed by atoms with Crippen molar-refractivity contribution in [2.24, 2.45) is 5.10 Å². The lowest BCUT2D eigenvalue weighted by Gasteiger charge is -2.17. The molecule has 0 unspecified atom stereocenters. The molecule has 4 aromatic rings. The van der Waals surface area contributed by atoms with Gasteiger partial charge in [-0.1, -0.05) is 72.3 Å². The van der Waals surface area contributed by atoms with Crippen LogP contribution in [0.3, 0.4) is 0 Å². The van der Waals surface area contributed by atoms with Gasteiger partial charge in [-0.2, -0.15) is 5.10 Å².